The van der Waals surface area contributed by atoms with Crippen LogP contribution in [0.15, 0.2) is 0 Å². The molecule has 1 rings (SSSR count). The summed E-state index contributed by atoms with van der Waals surface area (Å²) in [4.78, 5) is 0. The molecular weight excluding hydrogens is 321 g/mol. The fourth-order valence-electron chi connectivity index (χ4n) is 1.44. The summed E-state index contributed by atoms with van der Waals surface area (Å²) in [6.07, 6.45) is -11.6. The number of benzene rings is 1. The van der Waals surface area contributed by atoms with E-state index in [1.165, 1.54) is 0 Å². The van der Waals surface area contributed by atoms with E-state index in [2.05, 4.69) is 4.74 Å². The van der Waals surface area contributed by atoms with Crippen LogP contribution < -0.4 is 10.5 Å². The summed E-state index contributed by atoms with van der Waals surface area (Å²) < 4.78 is 119. The first-order valence-electron chi connectivity index (χ1n) is 5.10. The van der Waals surface area contributed by atoms with Crippen LogP contribution >= 0.6 is 0 Å². The molecule has 2 N–H and O–H groups in total. The minimum atomic E-state index is -5.86. The molecule has 0 saturated heterocycles. The average Bonchev–Trinajstić information content (AvgIpc) is 2.28. The summed E-state index contributed by atoms with van der Waals surface area (Å²) in [6, 6.07) is 0. The van der Waals surface area contributed by atoms with Gasteiger partial charge in [0.05, 0.1) is 0 Å². The van der Waals surface area contributed by atoms with Gasteiger partial charge in [-0.25, -0.2) is 8.78 Å². The Kier molecular flexibility index (Phi) is 4.66. The maximum Gasteiger partial charge on any atom is 0.422 e. The van der Waals surface area contributed by atoms with Crippen LogP contribution in [-0.4, -0.2) is 13.2 Å². The maximum absolute atomic E-state index is 13.4. The number of rotatable bonds is 3. The third-order valence-electron chi connectivity index (χ3n) is 2.21. The molecule has 11 heteroatoms. The smallest absolute Gasteiger partial charge is 0.422 e. The fraction of sp³-hybridized carbons (Fsp3) is 0.400. The molecule has 0 aliphatic carbocycles. The van der Waals surface area contributed by atoms with Crippen molar-refractivity contribution < 1.29 is 44.3 Å². The normalized spacial score (nSPS) is 12.7. The van der Waals surface area contributed by atoms with Crippen molar-refractivity contribution in [3.63, 3.8) is 0 Å². The zero-order valence-electron chi connectivity index (χ0n) is 9.80. The lowest BCUT2D eigenvalue weighted by atomic mass is 10.1. The number of halogens is 9. The first-order chi connectivity index (χ1) is 9.42. The van der Waals surface area contributed by atoms with Crippen LogP contribution in [0, 0.1) is 17.5 Å². The quantitative estimate of drug-likeness (QED) is 0.681. The Labute approximate surface area is 111 Å². The predicted octanol–water partition coefficient (Wildman–Crippen LogP) is 3.48. The van der Waals surface area contributed by atoms with Crippen molar-refractivity contribution in [2.24, 2.45) is 5.73 Å². The molecule has 120 valence electrons. The largest absolute Gasteiger partial charge is 0.488 e. The van der Waals surface area contributed by atoms with E-state index in [0.717, 1.165) is 0 Å². The molecule has 0 fully saturated rings. The lowest BCUT2D eigenvalue weighted by Crippen LogP contribution is -2.22. The highest BCUT2D eigenvalue weighted by molar-refractivity contribution is 5.44. The van der Waals surface area contributed by atoms with Crippen LogP contribution in [0.4, 0.5) is 39.5 Å². The molecular formula is C10H6F9NO. The lowest BCUT2D eigenvalue weighted by Gasteiger charge is -2.19. The van der Waals surface area contributed by atoms with Crippen LogP contribution in [0.3, 0.4) is 0 Å². The molecule has 0 unspecified atom stereocenters. The molecule has 0 aliphatic rings. The molecule has 0 bridgehead atoms. The van der Waals surface area contributed by atoms with Gasteiger partial charge in [-0.2, -0.15) is 30.7 Å². The van der Waals surface area contributed by atoms with Crippen LogP contribution in [0.1, 0.15) is 11.1 Å². The van der Waals surface area contributed by atoms with Gasteiger partial charge in [0.15, 0.2) is 17.4 Å². The molecule has 0 aliphatic heterocycles. The van der Waals surface area contributed by atoms with Gasteiger partial charge in [-0.15, -0.1) is 0 Å². The van der Waals surface area contributed by atoms with E-state index in [1.807, 2.05) is 0 Å². The topological polar surface area (TPSA) is 35.2 Å². The first-order valence-corrected chi connectivity index (χ1v) is 5.10. The van der Waals surface area contributed by atoms with Gasteiger partial charge in [-0.1, -0.05) is 0 Å². The number of nitrogens with two attached hydrogens (primary N) is 1. The second-order valence-electron chi connectivity index (χ2n) is 3.65. The number of alkyl halides is 6. The minimum absolute atomic E-state index is 0.457. The van der Waals surface area contributed by atoms with Crippen molar-refractivity contribution in [1.29, 1.82) is 0 Å². The van der Waals surface area contributed by atoms with Crippen LogP contribution in [-0.2, 0) is 12.4 Å². The fourth-order valence-corrected chi connectivity index (χ4v) is 1.44. The van der Waals surface area contributed by atoms with E-state index in [-0.39, 0.29) is 0 Å². The molecule has 21 heavy (non-hydrogen) atoms. The second-order valence-corrected chi connectivity index (χ2v) is 3.65. The second kappa shape index (κ2) is 5.62. The molecule has 2 nitrogen and oxygen atoms in total. The van der Waals surface area contributed by atoms with E-state index in [4.69, 9.17) is 5.73 Å². The Bertz CT molecular complexity index is 535. The van der Waals surface area contributed by atoms with Gasteiger partial charge >= 0.3 is 12.4 Å². The van der Waals surface area contributed by atoms with Crippen molar-refractivity contribution in [3.05, 3.63) is 28.6 Å². The molecule has 0 saturated carbocycles. The first kappa shape index (κ1) is 17.4. The van der Waals surface area contributed by atoms with E-state index < -0.39 is 59.8 Å². The highest BCUT2D eigenvalue weighted by Crippen LogP contribution is 2.46. The van der Waals surface area contributed by atoms with Gasteiger partial charge in [-0.3, -0.25) is 0 Å². The monoisotopic (exact) mass is 327 g/mol. The van der Waals surface area contributed by atoms with Gasteiger partial charge in [-0.05, 0) is 0 Å². The third-order valence-corrected chi connectivity index (χ3v) is 2.21. The average molecular weight is 327 g/mol. The predicted molar refractivity (Wildman–Crippen MR) is 50.9 cm³/mol. The van der Waals surface area contributed by atoms with E-state index in [0.29, 0.717) is 0 Å². The zero-order valence-corrected chi connectivity index (χ0v) is 9.80. The summed E-state index contributed by atoms with van der Waals surface area (Å²) >= 11 is 0. The van der Waals surface area contributed by atoms with Gasteiger partial charge in [0.1, 0.15) is 17.7 Å². The molecule has 0 heterocycles. The molecule has 0 aromatic heterocycles. The molecule has 1 aromatic rings. The van der Waals surface area contributed by atoms with Crippen molar-refractivity contribution in [1.82, 2.24) is 0 Å². The summed E-state index contributed by atoms with van der Waals surface area (Å²) in [5.74, 6) is -10.4. The van der Waals surface area contributed by atoms with Crippen LogP contribution in [0.5, 0.6) is 5.75 Å². The Hall–Kier alpha value is -1.65. The standard InChI is InChI=1S/C10H6F9NO/c11-5-3(9(14,15)16)6(12)7(13)8(21-2-1-20)4(5)10(17,18)19/h1-2,20H2. The van der Waals surface area contributed by atoms with Gasteiger partial charge in [0, 0.05) is 6.54 Å². The number of hydrogen-bond acceptors (Lipinski definition) is 2. The Morgan fingerprint density at radius 2 is 1.24 bits per heavy atom. The van der Waals surface area contributed by atoms with E-state index in [9.17, 15) is 39.5 Å². The summed E-state index contributed by atoms with van der Waals surface area (Å²) in [5, 5.41) is 0. The number of hydrogen-bond donors (Lipinski definition) is 1. The molecule has 0 spiro atoms. The van der Waals surface area contributed by atoms with Gasteiger partial charge in [0.25, 0.3) is 0 Å². The highest BCUT2D eigenvalue weighted by Gasteiger charge is 2.48. The van der Waals surface area contributed by atoms with E-state index >= 15 is 0 Å². The Balaban J connectivity index is 3.76. The van der Waals surface area contributed by atoms with Gasteiger partial charge < -0.3 is 10.5 Å². The third kappa shape index (κ3) is 3.34. The van der Waals surface area contributed by atoms with Crippen LogP contribution in [0.25, 0.3) is 0 Å². The summed E-state index contributed by atoms with van der Waals surface area (Å²) in [7, 11) is 0. The molecule has 1 aromatic carbocycles. The summed E-state index contributed by atoms with van der Waals surface area (Å²) in [6.45, 7) is -1.24. The van der Waals surface area contributed by atoms with Crippen molar-refractivity contribution in [2.75, 3.05) is 13.2 Å². The van der Waals surface area contributed by atoms with Crippen molar-refractivity contribution in [3.8, 4) is 5.75 Å². The Morgan fingerprint density at radius 3 is 1.62 bits per heavy atom. The van der Waals surface area contributed by atoms with E-state index in [1.54, 1.807) is 0 Å². The SMILES string of the molecule is NCCOc1c(F)c(F)c(C(F)(F)F)c(F)c1C(F)(F)F. The molecule has 0 amide bonds. The summed E-state index contributed by atoms with van der Waals surface area (Å²) in [5.41, 5.74) is -0.793. The maximum atomic E-state index is 13.4. The van der Waals surface area contributed by atoms with Crippen LogP contribution in [0.2, 0.25) is 0 Å². The number of ether oxygens (including phenoxy) is 1. The lowest BCUT2D eigenvalue weighted by molar-refractivity contribution is -0.150. The zero-order chi connectivity index (χ0) is 16.6. The van der Waals surface area contributed by atoms with Crippen molar-refractivity contribution >= 4 is 0 Å². The van der Waals surface area contributed by atoms with Crippen molar-refractivity contribution in [2.45, 2.75) is 12.4 Å². The highest BCUT2D eigenvalue weighted by atomic mass is 19.4. The van der Waals surface area contributed by atoms with Gasteiger partial charge in [0.2, 0.25) is 5.82 Å². The molecule has 0 radical (unpaired) electrons. The minimum Gasteiger partial charge on any atom is -0.488 e. The Morgan fingerprint density at radius 1 is 0.762 bits per heavy atom. The molecule has 0 atom stereocenters.